The van der Waals surface area contributed by atoms with Crippen LogP contribution in [0.15, 0.2) is 23.1 Å². The van der Waals surface area contributed by atoms with Crippen LogP contribution in [0.5, 0.6) is 0 Å². The lowest BCUT2D eigenvalue weighted by atomic mass is 10.1. The van der Waals surface area contributed by atoms with Gasteiger partial charge in [-0.3, -0.25) is 4.79 Å². The van der Waals surface area contributed by atoms with E-state index in [4.69, 9.17) is 17.3 Å². The first-order valence-electron chi connectivity index (χ1n) is 6.26. The van der Waals surface area contributed by atoms with Crippen molar-refractivity contribution in [1.29, 1.82) is 0 Å². The number of nitrogens with two attached hydrogens (primary N) is 1. The fourth-order valence-electron chi connectivity index (χ4n) is 1.64. The first-order valence-corrected chi connectivity index (χ1v) is 8.07. The smallest absolute Gasteiger partial charge is 0.244 e. The Hall–Kier alpha value is -1.31. The molecule has 6 nitrogen and oxygen atoms in total. The molecule has 0 saturated heterocycles. The van der Waals surface area contributed by atoms with E-state index in [0.717, 1.165) is 4.31 Å². The molecule has 1 amide bonds. The summed E-state index contributed by atoms with van der Waals surface area (Å²) in [6.45, 7) is 5.16. The molecular formula is C13H20ClN3O3S. The van der Waals surface area contributed by atoms with Crippen LogP contribution in [0.1, 0.15) is 20.8 Å². The summed E-state index contributed by atoms with van der Waals surface area (Å²) < 4.78 is 25.7. The standard InChI is InChI=1S/C13H20ClN3O3S/c1-13(2,3)16-12(18)8-17(4)21(19,20)11-6-5-9(15)7-10(11)14/h5-7H,8,15H2,1-4H3,(H,16,18). The van der Waals surface area contributed by atoms with Crippen molar-refractivity contribution in [2.45, 2.75) is 31.2 Å². The van der Waals surface area contributed by atoms with Crippen LogP contribution in [0.2, 0.25) is 5.02 Å². The Labute approximate surface area is 130 Å². The average molecular weight is 334 g/mol. The molecule has 21 heavy (non-hydrogen) atoms. The Kier molecular flexibility index (Phi) is 5.25. The van der Waals surface area contributed by atoms with E-state index in [1.54, 1.807) is 0 Å². The minimum Gasteiger partial charge on any atom is -0.399 e. The van der Waals surface area contributed by atoms with Crippen LogP contribution in [0, 0.1) is 0 Å². The van der Waals surface area contributed by atoms with Gasteiger partial charge in [-0.05, 0) is 39.0 Å². The number of likely N-dealkylation sites (N-methyl/N-ethyl adjacent to an activating group) is 1. The number of anilines is 1. The van der Waals surface area contributed by atoms with Gasteiger partial charge in [-0.1, -0.05) is 11.6 Å². The third-order valence-electron chi connectivity index (χ3n) is 2.52. The van der Waals surface area contributed by atoms with E-state index in [2.05, 4.69) is 5.32 Å². The average Bonchev–Trinajstić information content (AvgIpc) is 2.25. The first-order chi connectivity index (χ1) is 9.43. The maximum absolute atomic E-state index is 12.4. The summed E-state index contributed by atoms with van der Waals surface area (Å²) >= 11 is 5.91. The Morgan fingerprint density at radius 2 is 1.95 bits per heavy atom. The SMILES string of the molecule is CN(CC(=O)NC(C)(C)C)S(=O)(=O)c1ccc(N)cc1Cl. The molecule has 0 atom stereocenters. The molecule has 0 fully saturated rings. The van der Waals surface area contributed by atoms with Crippen molar-refractivity contribution in [2.24, 2.45) is 0 Å². The minimum atomic E-state index is -3.85. The Bertz CT molecular complexity index is 639. The van der Waals surface area contributed by atoms with Gasteiger partial charge in [-0.25, -0.2) is 8.42 Å². The summed E-state index contributed by atoms with van der Waals surface area (Å²) in [5, 5.41) is 2.73. The molecule has 0 spiro atoms. The van der Waals surface area contributed by atoms with Gasteiger partial charge in [0, 0.05) is 18.3 Å². The van der Waals surface area contributed by atoms with Crippen molar-refractivity contribution in [3.63, 3.8) is 0 Å². The van der Waals surface area contributed by atoms with Crippen LogP contribution in [0.3, 0.4) is 0 Å². The fourth-order valence-corrected chi connectivity index (χ4v) is 3.29. The zero-order valence-electron chi connectivity index (χ0n) is 12.5. The van der Waals surface area contributed by atoms with Crippen LogP contribution in [0.25, 0.3) is 0 Å². The highest BCUT2D eigenvalue weighted by molar-refractivity contribution is 7.89. The van der Waals surface area contributed by atoms with Crippen LogP contribution in [-0.2, 0) is 14.8 Å². The summed E-state index contributed by atoms with van der Waals surface area (Å²) in [4.78, 5) is 11.7. The molecule has 8 heteroatoms. The van der Waals surface area contributed by atoms with Gasteiger partial charge in [0.1, 0.15) is 4.90 Å². The number of nitrogens with zero attached hydrogens (tertiary/aromatic N) is 1. The number of carbonyl (C=O) groups is 1. The number of hydrogen-bond acceptors (Lipinski definition) is 4. The Morgan fingerprint density at radius 1 is 1.38 bits per heavy atom. The third-order valence-corrected chi connectivity index (χ3v) is 4.81. The zero-order valence-corrected chi connectivity index (χ0v) is 14.0. The van der Waals surface area contributed by atoms with Gasteiger partial charge in [0.15, 0.2) is 0 Å². The lowest BCUT2D eigenvalue weighted by Gasteiger charge is -2.23. The molecule has 0 unspecified atom stereocenters. The highest BCUT2D eigenvalue weighted by Crippen LogP contribution is 2.25. The van der Waals surface area contributed by atoms with Crippen molar-refractivity contribution >= 4 is 33.2 Å². The van der Waals surface area contributed by atoms with Crippen molar-refractivity contribution in [2.75, 3.05) is 19.3 Å². The highest BCUT2D eigenvalue weighted by Gasteiger charge is 2.26. The number of benzene rings is 1. The summed E-state index contributed by atoms with van der Waals surface area (Å²) in [6, 6.07) is 4.13. The lowest BCUT2D eigenvalue weighted by Crippen LogP contribution is -2.46. The van der Waals surface area contributed by atoms with Gasteiger partial charge < -0.3 is 11.1 Å². The molecule has 0 aliphatic rings. The van der Waals surface area contributed by atoms with Crippen molar-refractivity contribution in [3.05, 3.63) is 23.2 Å². The number of sulfonamides is 1. The monoisotopic (exact) mass is 333 g/mol. The minimum absolute atomic E-state index is 0.0260. The third kappa shape index (κ3) is 4.87. The summed E-state index contributed by atoms with van der Waals surface area (Å²) in [5.41, 5.74) is 5.48. The summed E-state index contributed by atoms with van der Waals surface area (Å²) in [5.74, 6) is -0.389. The molecule has 1 rings (SSSR count). The van der Waals surface area contributed by atoms with Gasteiger partial charge >= 0.3 is 0 Å². The number of nitrogen functional groups attached to an aromatic ring is 1. The topological polar surface area (TPSA) is 92.5 Å². The molecule has 0 saturated carbocycles. The number of carbonyl (C=O) groups excluding carboxylic acids is 1. The highest BCUT2D eigenvalue weighted by atomic mass is 35.5. The molecule has 0 bridgehead atoms. The Morgan fingerprint density at radius 3 is 2.43 bits per heavy atom. The predicted molar refractivity (Wildman–Crippen MR) is 83.6 cm³/mol. The van der Waals surface area contributed by atoms with Crippen LogP contribution >= 0.6 is 11.6 Å². The molecule has 1 aromatic rings. The van der Waals surface area contributed by atoms with Crippen LogP contribution < -0.4 is 11.1 Å². The van der Waals surface area contributed by atoms with Crippen LogP contribution in [0.4, 0.5) is 5.69 Å². The second-order valence-electron chi connectivity index (χ2n) is 5.75. The van der Waals surface area contributed by atoms with Gasteiger partial charge in [-0.15, -0.1) is 0 Å². The largest absolute Gasteiger partial charge is 0.399 e. The fraction of sp³-hybridized carbons (Fsp3) is 0.462. The molecule has 118 valence electrons. The molecular weight excluding hydrogens is 314 g/mol. The first kappa shape index (κ1) is 17.7. The maximum atomic E-state index is 12.4. The van der Waals surface area contributed by atoms with Gasteiger partial charge in [0.05, 0.1) is 11.6 Å². The summed E-state index contributed by atoms with van der Waals surface area (Å²) in [6.07, 6.45) is 0. The quantitative estimate of drug-likeness (QED) is 0.816. The number of hydrogen-bond donors (Lipinski definition) is 2. The van der Waals surface area contributed by atoms with E-state index >= 15 is 0 Å². The van der Waals surface area contributed by atoms with Crippen molar-refractivity contribution in [3.8, 4) is 0 Å². The molecule has 1 aromatic carbocycles. The molecule has 3 N–H and O–H groups in total. The van der Waals surface area contributed by atoms with Crippen molar-refractivity contribution < 1.29 is 13.2 Å². The summed E-state index contributed by atoms with van der Waals surface area (Å²) in [7, 11) is -2.53. The predicted octanol–water partition coefficient (Wildman–Crippen LogP) is 1.46. The molecule has 0 aliphatic carbocycles. The van der Waals surface area contributed by atoms with Gasteiger partial charge in [0.2, 0.25) is 15.9 Å². The van der Waals surface area contributed by atoms with Gasteiger partial charge in [-0.2, -0.15) is 4.31 Å². The number of rotatable bonds is 4. The Balaban J connectivity index is 2.95. The lowest BCUT2D eigenvalue weighted by molar-refractivity contribution is -0.122. The second-order valence-corrected chi connectivity index (χ2v) is 8.17. The molecule has 0 aliphatic heterocycles. The zero-order chi connectivity index (χ0) is 16.4. The number of amides is 1. The van der Waals surface area contributed by atoms with E-state index in [0.29, 0.717) is 5.69 Å². The normalized spacial score (nSPS) is 12.5. The second kappa shape index (κ2) is 6.21. The van der Waals surface area contributed by atoms with E-state index in [-0.39, 0.29) is 22.4 Å². The maximum Gasteiger partial charge on any atom is 0.244 e. The molecule has 0 aromatic heterocycles. The van der Waals surface area contributed by atoms with Crippen LogP contribution in [-0.4, -0.2) is 37.8 Å². The molecule has 0 heterocycles. The molecule has 0 radical (unpaired) electrons. The van der Waals surface area contributed by atoms with Gasteiger partial charge in [0.25, 0.3) is 0 Å². The number of nitrogens with one attached hydrogen (secondary N) is 1. The van der Waals surface area contributed by atoms with E-state index in [9.17, 15) is 13.2 Å². The van der Waals surface area contributed by atoms with E-state index in [1.165, 1.54) is 25.2 Å². The number of halogens is 1. The van der Waals surface area contributed by atoms with Crippen molar-refractivity contribution in [1.82, 2.24) is 9.62 Å². The van der Waals surface area contributed by atoms with E-state index in [1.807, 2.05) is 20.8 Å². The van der Waals surface area contributed by atoms with E-state index < -0.39 is 15.6 Å².